The third kappa shape index (κ3) is 5.86. The molecule has 0 saturated carbocycles. The summed E-state index contributed by atoms with van der Waals surface area (Å²) in [5.41, 5.74) is 2.40. The van der Waals surface area contributed by atoms with Crippen molar-refractivity contribution in [2.75, 3.05) is 6.54 Å². The molecule has 2 fully saturated rings. The summed E-state index contributed by atoms with van der Waals surface area (Å²) in [7, 11) is -8.43. The van der Waals surface area contributed by atoms with Gasteiger partial charge in [-0.2, -0.15) is 8.61 Å². The molecule has 4 aromatic rings. The van der Waals surface area contributed by atoms with Gasteiger partial charge >= 0.3 is 0 Å². The number of nitrogens with zero attached hydrogens (tertiary/aromatic N) is 2. The minimum absolute atomic E-state index is 0.0107. The fourth-order valence-electron chi connectivity index (χ4n) is 6.51. The number of hydrogen-bond acceptors (Lipinski definition) is 5. The molecule has 0 aliphatic carbocycles. The molecule has 2 aliphatic rings. The zero-order valence-corrected chi connectivity index (χ0v) is 27.1. The van der Waals surface area contributed by atoms with Crippen LogP contribution in [0.15, 0.2) is 107 Å². The van der Waals surface area contributed by atoms with Crippen molar-refractivity contribution in [3.63, 3.8) is 0 Å². The molecule has 45 heavy (non-hydrogen) atoms. The van der Waals surface area contributed by atoms with Gasteiger partial charge in [0.1, 0.15) is 11.6 Å². The van der Waals surface area contributed by atoms with Crippen LogP contribution in [0.3, 0.4) is 0 Å². The van der Waals surface area contributed by atoms with E-state index in [1.54, 1.807) is 54.6 Å². The number of hydrogen-bond donors (Lipinski definition) is 0. The zero-order valence-electron chi connectivity index (χ0n) is 24.7. The summed E-state index contributed by atoms with van der Waals surface area (Å²) in [4.78, 5) is 14.0. The Morgan fingerprint density at radius 3 is 1.96 bits per heavy atom. The van der Waals surface area contributed by atoms with Gasteiger partial charge in [-0.15, -0.1) is 0 Å². The number of ketones is 1. The number of carbonyl (C=O) groups is 1. The molecule has 11 heteroatoms. The monoisotopic (exact) mass is 666 g/mol. The second kappa shape index (κ2) is 12.1. The second-order valence-electron chi connectivity index (χ2n) is 11.7. The molecule has 0 unspecified atom stereocenters. The SMILES string of the molecule is Cc1ccc(S(=O)(=O)N2C[C@H]3C(=O)C[C@@H](c4ccccc4F)N(S(=O)(=O)c4ccc(C)cc4)[C@H]3C[C@H]2c2cccc(Cl)c2)cc1. The molecule has 0 spiro atoms. The first-order chi connectivity index (χ1) is 21.4. The number of fused-ring (bicyclic) bond motifs is 1. The Balaban J connectivity index is 1.52. The molecular formula is C34H32ClFN2O5S2. The van der Waals surface area contributed by atoms with Crippen LogP contribution >= 0.6 is 11.6 Å². The maximum absolute atomic E-state index is 15.3. The lowest BCUT2D eigenvalue weighted by Crippen LogP contribution is -2.61. The van der Waals surface area contributed by atoms with E-state index in [1.165, 1.54) is 51.1 Å². The molecule has 2 heterocycles. The van der Waals surface area contributed by atoms with Crippen molar-refractivity contribution < 1.29 is 26.0 Å². The molecule has 4 aromatic carbocycles. The van der Waals surface area contributed by atoms with E-state index in [-0.39, 0.29) is 40.5 Å². The topological polar surface area (TPSA) is 91.8 Å². The van der Waals surface area contributed by atoms with Gasteiger partial charge in [-0.25, -0.2) is 21.2 Å². The molecule has 0 bridgehead atoms. The molecule has 234 valence electrons. The van der Waals surface area contributed by atoms with E-state index in [2.05, 4.69) is 0 Å². The molecule has 2 saturated heterocycles. The van der Waals surface area contributed by atoms with Crippen molar-refractivity contribution in [3.8, 4) is 0 Å². The molecule has 0 radical (unpaired) electrons. The number of aryl methyl sites for hydroxylation is 2. The van der Waals surface area contributed by atoms with Crippen molar-refractivity contribution in [3.05, 3.63) is 130 Å². The first-order valence-corrected chi connectivity index (χ1v) is 17.8. The number of piperidine rings is 2. The van der Waals surface area contributed by atoms with Crippen LogP contribution in [0.25, 0.3) is 0 Å². The van der Waals surface area contributed by atoms with E-state index in [1.807, 2.05) is 13.8 Å². The normalized spacial score (nSPS) is 23.1. The van der Waals surface area contributed by atoms with E-state index in [0.717, 1.165) is 11.1 Å². The van der Waals surface area contributed by atoms with Crippen molar-refractivity contribution in [2.45, 2.75) is 54.6 Å². The van der Waals surface area contributed by atoms with E-state index < -0.39 is 49.9 Å². The maximum Gasteiger partial charge on any atom is 0.243 e. The van der Waals surface area contributed by atoms with Crippen molar-refractivity contribution in [2.24, 2.45) is 5.92 Å². The highest BCUT2D eigenvalue weighted by Gasteiger charge is 2.54. The Labute approximate surface area is 268 Å². The minimum atomic E-state index is -4.29. The van der Waals surface area contributed by atoms with Crippen LogP contribution in [0.5, 0.6) is 0 Å². The lowest BCUT2D eigenvalue weighted by atomic mass is 9.77. The maximum atomic E-state index is 15.3. The van der Waals surface area contributed by atoms with Gasteiger partial charge in [0.2, 0.25) is 20.0 Å². The van der Waals surface area contributed by atoms with Crippen LogP contribution in [0.1, 0.15) is 47.2 Å². The van der Waals surface area contributed by atoms with Crippen molar-refractivity contribution >= 4 is 37.4 Å². The number of carbonyl (C=O) groups excluding carboxylic acids is 1. The highest BCUT2D eigenvalue weighted by atomic mass is 35.5. The smallest absolute Gasteiger partial charge is 0.243 e. The molecule has 6 rings (SSSR count). The van der Waals surface area contributed by atoms with Crippen LogP contribution in [-0.4, -0.2) is 43.8 Å². The third-order valence-corrected chi connectivity index (χ3v) is 12.9. The summed E-state index contributed by atoms with van der Waals surface area (Å²) < 4.78 is 75.3. The van der Waals surface area contributed by atoms with Gasteiger partial charge in [-0.3, -0.25) is 4.79 Å². The van der Waals surface area contributed by atoms with Crippen molar-refractivity contribution in [1.29, 1.82) is 0 Å². The Morgan fingerprint density at radius 1 is 0.756 bits per heavy atom. The van der Waals surface area contributed by atoms with E-state index in [0.29, 0.717) is 10.6 Å². The van der Waals surface area contributed by atoms with Crippen LogP contribution in [0.4, 0.5) is 4.39 Å². The van der Waals surface area contributed by atoms with Crippen LogP contribution in [0.2, 0.25) is 5.02 Å². The average Bonchev–Trinajstić information content (AvgIpc) is 3.01. The molecule has 0 N–H and O–H groups in total. The molecular weight excluding hydrogens is 635 g/mol. The summed E-state index contributed by atoms with van der Waals surface area (Å²) in [6.07, 6.45) is -0.342. The first-order valence-electron chi connectivity index (χ1n) is 14.6. The van der Waals surface area contributed by atoms with Crippen LogP contribution in [-0.2, 0) is 24.8 Å². The zero-order chi connectivity index (χ0) is 32.1. The summed E-state index contributed by atoms with van der Waals surface area (Å²) in [6, 6.07) is 22.5. The minimum Gasteiger partial charge on any atom is -0.299 e. The van der Waals surface area contributed by atoms with Gasteiger partial charge in [0.05, 0.1) is 21.9 Å². The lowest BCUT2D eigenvalue weighted by Gasteiger charge is -2.51. The third-order valence-electron chi connectivity index (χ3n) is 8.82. The van der Waals surface area contributed by atoms with Gasteiger partial charge < -0.3 is 0 Å². The fourth-order valence-corrected chi connectivity index (χ4v) is 10.2. The highest BCUT2D eigenvalue weighted by molar-refractivity contribution is 7.89. The molecule has 0 amide bonds. The predicted molar refractivity (Wildman–Crippen MR) is 170 cm³/mol. The molecule has 4 atom stereocenters. The standard InChI is InChI=1S/C34H32ClFN2O5S2/c1-22-10-14-26(15-11-22)44(40,41)37-21-29-32(19-31(37)24-6-5-7-25(35)18-24)38(45(42,43)27-16-12-23(2)13-17-27)33(20-34(29)39)28-8-3-4-9-30(28)36/h3-18,29,31-33H,19-21H2,1-2H3/t29-,31+,32+,33+/m1/s1. The Morgan fingerprint density at radius 2 is 1.36 bits per heavy atom. The van der Waals surface area contributed by atoms with E-state index in [4.69, 9.17) is 11.6 Å². The summed E-state index contributed by atoms with van der Waals surface area (Å²) in [5.74, 6) is -1.93. The van der Waals surface area contributed by atoms with Crippen LogP contribution in [0, 0.1) is 25.6 Å². The second-order valence-corrected chi connectivity index (χ2v) is 15.9. The first kappa shape index (κ1) is 31.6. The number of rotatable bonds is 6. The van der Waals surface area contributed by atoms with E-state index >= 15 is 4.39 Å². The van der Waals surface area contributed by atoms with Gasteiger partial charge in [0.15, 0.2) is 0 Å². The molecule has 0 aromatic heterocycles. The Hall–Kier alpha value is -3.41. The number of halogens is 2. The summed E-state index contributed by atoms with van der Waals surface area (Å²) in [6.45, 7) is 3.45. The number of benzene rings is 4. The predicted octanol–water partition coefficient (Wildman–Crippen LogP) is 6.62. The van der Waals surface area contributed by atoms with Gasteiger partial charge in [-0.05, 0) is 68.3 Å². The average molecular weight is 667 g/mol. The number of Topliss-reactive ketones (excluding diaryl/α,β-unsaturated/α-hetero) is 1. The van der Waals surface area contributed by atoms with E-state index in [9.17, 15) is 21.6 Å². The largest absolute Gasteiger partial charge is 0.299 e. The molecule has 7 nitrogen and oxygen atoms in total. The van der Waals surface area contributed by atoms with Crippen molar-refractivity contribution in [1.82, 2.24) is 8.61 Å². The highest BCUT2D eigenvalue weighted by Crippen LogP contribution is 2.48. The van der Waals surface area contributed by atoms with Gasteiger partial charge in [-0.1, -0.05) is 77.3 Å². The molecule has 2 aliphatic heterocycles. The number of sulfonamides is 2. The Bertz CT molecular complexity index is 1970. The van der Waals surface area contributed by atoms with Gasteiger partial charge in [0.25, 0.3) is 0 Å². The Kier molecular flexibility index (Phi) is 8.47. The fraction of sp³-hybridized carbons (Fsp3) is 0.265. The summed E-state index contributed by atoms with van der Waals surface area (Å²) in [5, 5.41) is 0.385. The summed E-state index contributed by atoms with van der Waals surface area (Å²) >= 11 is 6.37. The quantitative estimate of drug-likeness (QED) is 0.231. The lowest BCUT2D eigenvalue weighted by molar-refractivity contribution is -0.132. The van der Waals surface area contributed by atoms with Crippen LogP contribution < -0.4 is 0 Å². The van der Waals surface area contributed by atoms with Gasteiger partial charge in [0, 0.05) is 35.5 Å².